The zero-order chi connectivity index (χ0) is 21.3. The predicted molar refractivity (Wildman–Crippen MR) is 118 cm³/mol. The Labute approximate surface area is 175 Å². The van der Waals surface area contributed by atoms with Crippen molar-refractivity contribution in [3.8, 4) is 5.75 Å². The first-order valence-corrected chi connectivity index (χ1v) is 9.79. The van der Waals surface area contributed by atoms with Gasteiger partial charge in [-0.2, -0.15) is 5.10 Å². The van der Waals surface area contributed by atoms with E-state index in [1.165, 1.54) is 5.56 Å². The van der Waals surface area contributed by atoms with Gasteiger partial charge < -0.3 is 10.1 Å². The van der Waals surface area contributed by atoms with Crippen LogP contribution in [-0.4, -0.2) is 27.8 Å². The van der Waals surface area contributed by atoms with Crippen LogP contribution in [0.15, 0.2) is 54.7 Å². The summed E-state index contributed by atoms with van der Waals surface area (Å²) < 4.78 is 7.21. The number of aryl methyl sites for hydroxylation is 3. The Morgan fingerprint density at radius 3 is 2.50 bits per heavy atom. The van der Waals surface area contributed by atoms with E-state index in [1.807, 2.05) is 36.7 Å². The minimum Gasteiger partial charge on any atom is -0.495 e. The summed E-state index contributed by atoms with van der Waals surface area (Å²) in [7, 11) is 1.59. The highest BCUT2D eigenvalue weighted by molar-refractivity contribution is 6.12. The molecule has 152 valence electrons. The van der Waals surface area contributed by atoms with Gasteiger partial charge in [-0.05, 0) is 50.1 Å². The standard InChI is InChI=1S/C24H24N4O2/c1-15-5-8-18(9-6-15)14-28-23-20(13-25-28)19(12-17(3)26-23)24(29)27-21-11-16(2)7-10-22(21)30-4/h5-13H,14H2,1-4H3,(H,27,29). The van der Waals surface area contributed by atoms with E-state index in [1.54, 1.807) is 19.4 Å². The van der Waals surface area contributed by atoms with Crippen molar-refractivity contribution in [1.82, 2.24) is 14.8 Å². The highest BCUT2D eigenvalue weighted by atomic mass is 16.5. The van der Waals surface area contributed by atoms with Gasteiger partial charge in [0.05, 0.1) is 36.5 Å². The van der Waals surface area contributed by atoms with Gasteiger partial charge in [0.2, 0.25) is 0 Å². The van der Waals surface area contributed by atoms with Crippen LogP contribution in [-0.2, 0) is 6.54 Å². The van der Waals surface area contributed by atoms with E-state index in [0.717, 1.165) is 22.2 Å². The second-order valence-electron chi connectivity index (χ2n) is 7.49. The lowest BCUT2D eigenvalue weighted by atomic mass is 10.1. The Kier molecular flexibility index (Phi) is 5.23. The molecule has 0 radical (unpaired) electrons. The van der Waals surface area contributed by atoms with Gasteiger partial charge in [0.1, 0.15) is 5.75 Å². The molecule has 0 spiro atoms. The SMILES string of the molecule is COc1ccc(C)cc1NC(=O)c1cc(C)nc2c1cnn2Cc1ccc(C)cc1. The van der Waals surface area contributed by atoms with Crippen molar-refractivity contribution in [2.45, 2.75) is 27.3 Å². The molecule has 2 aromatic carbocycles. The van der Waals surface area contributed by atoms with Crippen molar-refractivity contribution in [1.29, 1.82) is 0 Å². The molecule has 0 bridgehead atoms. The van der Waals surface area contributed by atoms with Crippen LogP contribution in [0.5, 0.6) is 5.75 Å². The topological polar surface area (TPSA) is 69.0 Å². The number of benzene rings is 2. The molecule has 4 aromatic rings. The lowest BCUT2D eigenvalue weighted by Gasteiger charge is -2.12. The molecule has 0 aliphatic rings. The molecule has 2 aromatic heterocycles. The number of carbonyl (C=O) groups excluding carboxylic acids is 1. The quantitative estimate of drug-likeness (QED) is 0.529. The zero-order valence-electron chi connectivity index (χ0n) is 17.6. The van der Waals surface area contributed by atoms with Gasteiger partial charge in [0.15, 0.2) is 5.65 Å². The summed E-state index contributed by atoms with van der Waals surface area (Å²) in [6.07, 6.45) is 1.71. The second kappa shape index (κ2) is 7.99. The molecule has 1 N–H and O–H groups in total. The molecule has 0 aliphatic carbocycles. The van der Waals surface area contributed by atoms with E-state index in [4.69, 9.17) is 4.74 Å². The number of methoxy groups -OCH3 is 1. The van der Waals surface area contributed by atoms with E-state index >= 15 is 0 Å². The average molecular weight is 400 g/mol. The summed E-state index contributed by atoms with van der Waals surface area (Å²) in [5.41, 5.74) is 6.00. The van der Waals surface area contributed by atoms with E-state index in [2.05, 4.69) is 46.6 Å². The number of ether oxygens (including phenoxy) is 1. The Morgan fingerprint density at radius 2 is 1.77 bits per heavy atom. The maximum atomic E-state index is 13.1. The number of nitrogens with one attached hydrogen (secondary N) is 1. The van der Waals surface area contributed by atoms with Crippen molar-refractivity contribution >= 4 is 22.6 Å². The smallest absolute Gasteiger partial charge is 0.256 e. The lowest BCUT2D eigenvalue weighted by molar-refractivity contribution is 0.102. The van der Waals surface area contributed by atoms with E-state index in [-0.39, 0.29) is 5.91 Å². The largest absolute Gasteiger partial charge is 0.495 e. The number of hydrogen-bond donors (Lipinski definition) is 1. The summed E-state index contributed by atoms with van der Waals surface area (Å²) >= 11 is 0. The van der Waals surface area contributed by atoms with E-state index < -0.39 is 0 Å². The molecule has 2 heterocycles. The molecule has 0 atom stereocenters. The summed E-state index contributed by atoms with van der Waals surface area (Å²) in [5.74, 6) is 0.398. The maximum absolute atomic E-state index is 13.1. The highest BCUT2D eigenvalue weighted by Gasteiger charge is 2.17. The molecule has 30 heavy (non-hydrogen) atoms. The minimum absolute atomic E-state index is 0.218. The number of nitrogens with zero attached hydrogens (tertiary/aromatic N) is 3. The van der Waals surface area contributed by atoms with Crippen molar-refractivity contribution in [3.05, 3.63) is 82.7 Å². The summed E-state index contributed by atoms with van der Waals surface area (Å²) in [4.78, 5) is 17.8. The number of carbonyl (C=O) groups is 1. The Morgan fingerprint density at radius 1 is 1.03 bits per heavy atom. The first kappa shape index (κ1) is 19.6. The van der Waals surface area contributed by atoms with Crippen LogP contribution in [0.25, 0.3) is 11.0 Å². The summed E-state index contributed by atoms with van der Waals surface area (Å²) in [6, 6.07) is 15.8. The molecule has 0 aliphatic heterocycles. The first-order chi connectivity index (χ1) is 14.4. The maximum Gasteiger partial charge on any atom is 0.256 e. The van der Waals surface area contributed by atoms with Crippen LogP contribution in [0.1, 0.15) is 32.7 Å². The normalized spacial score (nSPS) is 10.9. The number of hydrogen-bond acceptors (Lipinski definition) is 4. The van der Waals surface area contributed by atoms with Gasteiger partial charge in [0.25, 0.3) is 5.91 Å². The van der Waals surface area contributed by atoms with Crippen LogP contribution in [0.3, 0.4) is 0 Å². The second-order valence-corrected chi connectivity index (χ2v) is 7.49. The van der Waals surface area contributed by atoms with Gasteiger partial charge in [-0.3, -0.25) is 4.79 Å². The van der Waals surface area contributed by atoms with Crippen molar-refractivity contribution < 1.29 is 9.53 Å². The van der Waals surface area contributed by atoms with E-state index in [9.17, 15) is 4.79 Å². The summed E-state index contributed by atoms with van der Waals surface area (Å²) in [6.45, 7) is 6.50. The molecular weight excluding hydrogens is 376 g/mol. The zero-order valence-corrected chi connectivity index (χ0v) is 17.6. The summed E-state index contributed by atoms with van der Waals surface area (Å²) in [5, 5.41) is 8.20. The fraction of sp³-hybridized carbons (Fsp3) is 0.208. The number of pyridine rings is 1. The van der Waals surface area contributed by atoms with Crippen LogP contribution in [0.4, 0.5) is 5.69 Å². The number of fused-ring (bicyclic) bond motifs is 1. The Balaban J connectivity index is 1.69. The van der Waals surface area contributed by atoms with Gasteiger partial charge in [-0.1, -0.05) is 35.9 Å². The molecular formula is C24H24N4O2. The van der Waals surface area contributed by atoms with Crippen LogP contribution in [0, 0.1) is 20.8 Å². The highest BCUT2D eigenvalue weighted by Crippen LogP contribution is 2.27. The molecule has 0 saturated carbocycles. The molecule has 0 unspecified atom stereocenters. The van der Waals surface area contributed by atoms with Crippen LogP contribution < -0.4 is 10.1 Å². The molecule has 6 nitrogen and oxygen atoms in total. The third-order valence-corrected chi connectivity index (χ3v) is 5.04. The predicted octanol–water partition coefficient (Wildman–Crippen LogP) is 4.67. The molecule has 4 rings (SSSR count). The van der Waals surface area contributed by atoms with Crippen LogP contribution >= 0.6 is 0 Å². The van der Waals surface area contributed by atoms with Crippen molar-refractivity contribution in [2.75, 3.05) is 12.4 Å². The van der Waals surface area contributed by atoms with E-state index in [0.29, 0.717) is 29.2 Å². The lowest BCUT2D eigenvalue weighted by Crippen LogP contribution is -2.14. The van der Waals surface area contributed by atoms with Crippen LogP contribution in [0.2, 0.25) is 0 Å². The van der Waals surface area contributed by atoms with Gasteiger partial charge in [-0.25, -0.2) is 9.67 Å². The molecule has 0 saturated heterocycles. The van der Waals surface area contributed by atoms with Gasteiger partial charge in [0, 0.05) is 5.69 Å². The van der Waals surface area contributed by atoms with Gasteiger partial charge in [-0.15, -0.1) is 0 Å². The fourth-order valence-electron chi connectivity index (χ4n) is 3.45. The third-order valence-electron chi connectivity index (χ3n) is 5.04. The van der Waals surface area contributed by atoms with Crippen molar-refractivity contribution in [2.24, 2.45) is 0 Å². The number of aromatic nitrogens is 3. The Bertz CT molecular complexity index is 1230. The number of rotatable bonds is 5. The minimum atomic E-state index is -0.218. The van der Waals surface area contributed by atoms with Gasteiger partial charge >= 0.3 is 0 Å². The molecule has 0 fully saturated rings. The number of amides is 1. The third kappa shape index (κ3) is 3.89. The monoisotopic (exact) mass is 400 g/mol. The number of anilines is 1. The Hall–Kier alpha value is -3.67. The average Bonchev–Trinajstić information content (AvgIpc) is 3.11. The molecule has 6 heteroatoms. The first-order valence-electron chi connectivity index (χ1n) is 9.79. The molecule has 1 amide bonds. The van der Waals surface area contributed by atoms with Crippen molar-refractivity contribution in [3.63, 3.8) is 0 Å². The fourth-order valence-corrected chi connectivity index (χ4v) is 3.45.